The lowest BCUT2D eigenvalue weighted by molar-refractivity contribution is -0.117. The molecule has 0 rings (SSSR count). The Balaban J connectivity index is 5.05. The number of nitrogens with one attached hydrogen (secondary N) is 1. The summed E-state index contributed by atoms with van der Waals surface area (Å²) in [6, 6.07) is 0. The number of primary amides is 1. The first kappa shape index (κ1) is 20.1. The van der Waals surface area contributed by atoms with Crippen LogP contribution in [0.4, 0.5) is 18.0 Å². The molecule has 0 saturated heterocycles. The average Bonchev–Trinajstić information content (AvgIpc) is 2.34. The number of alkyl halides is 3. The van der Waals surface area contributed by atoms with Gasteiger partial charge in [0.25, 0.3) is 0 Å². The van der Waals surface area contributed by atoms with E-state index in [1.807, 2.05) is 6.92 Å². The van der Waals surface area contributed by atoms with Gasteiger partial charge in [-0.1, -0.05) is 13.3 Å². The Labute approximate surface area is 125 Å². The van der Waals surface area contributed by atoms with Crippen LogP contribution in [-0.2, 0) is 19.6 Å². The molecule has 0 aliphatic carbocycles. The van der Waals surface area contributed by atoms with E-state index in [0.717, 1.165) is 0 Å². The van der Waals surface area contributed by atoms with Gasteiger partial charge in [0.1, 0.15) is 5.84 Å². The molecule has 128 valence electrons. The lowest BCUT2D eigenvalue weighted by Gasteiger charge is -2.10. The number of halogens is 3. The van der Waals surface area contributed by atoms with E-state index in [0.29, 0.717) is 12.8 Å². The molecule has 0 aromatic carbocycles. The van der Waals surface area contributed by atoms with E-state index >= 15 is 0 Å². The number of nitrogens with two attached hydrogens (primary N) is 1. The molecule has 0 radical (unpaired) electrons. The molecule has 0 saturated carbocycles. The van der Waals surface area contributed by atoms with Crippen molar-refractivity contribution in [2.75, 3.05) is 6.61 Å². The number of hydrogen-bond donors (Lipinski definition) is 2. The minimum atomic E-state index is -5.85. The summed E-state index contributed by atoms with van der Waals surface area (Å²) in [5.74, 6) is -1.78. The summed E-state index contributed by atoms with van der Waals surface area (Å²) in [4.78, 5) is 21.9. The molecule has 0 atom stereocenters. The van der Waals surface area contributed by atoms with Crippen LogP contribution in [0.15, 0.2) is 4.40 Å². The van der Waals surface area contributed by atoms with Crippen LogP contribution in [0.5, 0.6) is 0 Å². The van der Waals surface area contributed by atoms with Gasteiger partial charge in [-0.25, -0.2) is 4.79 Å². The topological polar surface area (TPSA) is 128 Å². The summed E-state index contributed by atoms with van der Waals surface area (Å²) >= 11 is 0. The molecule has 3 N–H and O–H groups in total. The van der Waals surface area contributed by atoms with Crippen molar-refractivity contribution in [3.05, 3.63) is 0 Å². The van der Waals surface area contributed by atoms with Gasteiger partial charge in [0.15, 0.2) is 0 Å². The predicted molar refractivity (Wildman–Crippen MR) is 70.2 cm³/mol. The average molecular weight is 347 g/mol. The first-order valence-corrected chi connectivity index (χ1v) is 7.55. The Morgan fingerprint density at radius 2 is 1.86 bits per heavy atom. The number of sulfonamides is 1. The minimum absolute atomic E-state index is 0.00253. The van der Waals surface area contributed by atoms with Gasteiger partial charge in [-0.3, -0.25) is 10.1 Å². The molecule has 0 aromatic heterocycles. The third-order valence-corrected chi connectivity index (χ3v) is 3.15. The number of amidine groups is 1. The largest absolute Gasteiger partial charge is 0.518 e. The molecule has 0 spiro atoms. The fraction of sp³-hybridized carbons (Fsp3) is 0.700. The normalized spacial score (nSPS) is 12.8. The van der Waals surface area contributed by atoms with Crippen LogP contribution in [-0.4, -0.2) is 38.4 Å². The van der Waals surface area contributed by atoms with Crippen molar-refractivity contribution >= 4 is 27.9 Å². The van der Waals surface area contributed by atoms with Crippen LogP contribution in [0.2, 0.25) is 0 Å². The number of amides is 2. The number of hydrogen-bond acceptors (Lipinski definition) is 5. The first-order valence-electron chi connectivity index (χ1n) is 6.11. The van der Waals surface area contributed by atoms with Crippen LogP contribution in [0.1, 0.15) is 32.6 Å². The maximum atomic E-state index is 12.2. The fourth-order valence-corrected chi connectivity index (χ4v) is 1.56. The third-order valence-electron chi connectivity index (χ3n) is 2.11. The molecule has 2 amide bonds. The summed E-state index contributed by atoms with van der Waals surface area (Å²) in [5, 5.41) is 1.76. The molecule has 0 unspecified atom stereocenters. The van der Waals surface area contributed by atoms with Crippen LogP contribution >= 0.6 is 0 Å². The number of carbonyl (C=O) groups excluding carboxylic acids is 2. The quantitative estimate of drug-likeness (QED) is 0.404. The van der Waals surface area contributed by atoms with Gasteiger partial charge < -0.3 is 10.5 Å². The Bertz CT molecular complexity index is 530. The third kappa shape index (κ3) is 7.81. The highest BCUT2D eigenvalue weighted by Gasteiger charge is 2.46. The smallest absolute Gasteiger partial charge is 0.449 e. The second kappa shape index (κ2) is 8.56. The summed E-state index contributed by atoms with van der Waals surface area (Å²) < 4.78 is 65.7. The van der Waals surface area contributed by atoms with Crippen molar-refractivity contribution in [3.63, 3.8) is 0 Å². The lowest BCUT2D eigenvalue weighted by atomic mass is 10.3. The van der Waals surface area contributed by atoms with Gasteiger partial charge in [-0.05, 0) is 6.42 Å². The monoisotopic (exact) mass is 347 g/mol. The Kier molecular flexibility index (Phi) is 7.84. The Morgan fingerprint density at radius 3 is 2.32 bits per heavy atom. The standard InChI is InChI=1S/C10H16F3N3O5S/c1-2-3-6-21-9(18)15-8(5-4-7(14)17)16-22(19,20)10(11,12)13/h2-6H2,1H3,(H2,14,17)(H,15,16,18). The van der Waals surface area contributed by atoms with Crippen LogP contribution in [0.25, 0.3) is 0 Å². The molecular formula is C10H16F3N3O5S. The maximum Gasteiger partial charge on any atom is 0.518 e. The molecule has 8 nitrogen and oxygen atoms in total. The Morgan fingerprint density at radius 1 is 1.27 bits per heavy atom. The summed E-state index contributed by atoms with van der Waals surface area (Å²) in [5.41, 5.74) is -0.816. The van der Waals surface area contributed by atoms with Crippen LogP contribution < -0.4 is 11.1 Å². The van der Waals surface area contributed by atoms with Crippen LogP contribution in [0, 0.1) is 0 Å². The van der Waals surface area contributed by atoms with E-state index in [1.54, 1.807) is 5.32 Å². The zero-order valence-corrected chi connectivity index (χ0v) is 12.5. The molecule has 0 bridgehead atoms. The second-order valence-corrected chi connectivity index (χ2v) is 5.64. The number of alkyl carbamates (subject to hydrolysis) is 1. The van der Waals surface area contributed by atoms with Gasteiger partial charge in [-0.15, -0.1) is 4.40 Å². The van der Waals surface area contributed by atoms with Gasteiger partial charge in [0, 0.05) is 12.8 Å². The van der Waals surface area contributed by atoms with E-state index in [9.17, 15) is 31.2 Å². The SMILES string of the molecule is CCCCOC(=O)NC(CCC(N)=O)=NS(=O)(=O)C(F)(F)F. The zero-order chi connectivity index (χ0) is 17.4. The van der Waals surface area contributed by atoms with E-state index in [1.165, 1.54) is 0 Å². The number of nitrogens with zero attached hydrogens (tertiary/aromatic N) is 1. The van der Waals surface area contributed by atoms with Gasteiger partial charge in [0.05, 0.1) is 6.61 Å². The molecule has 0 aromatic rings. The number of unbranched alkanes of at least 4 members (excludes halogenated alkanes) is 1. The summed E-state index contributed by atoms with van der Waals surface area (Å²) in [6.45, 7) is 1.81. The molecule has 22 heavy (non-hydrogen) atoms. The highest BCUT2D eigenvalue weighted by atomic mass is 32.2. The van der Waals surface area contributed by atoms with Crippen molar-refractivity contribution in [2.24, 2.45) is 10.1 Å². The van der Waals surface area contributed by atoms with E-state index in [-0.39, 0.29) is 6.61 Å². The molecule has 12 heteroatoms. The first-order chi connectivity index (χ1) is 9.99. The fourth-order valence-electron chi connectivity index (χ4n) is 1.03. The molecule has 0 heterocycles. The van der Waals surface area contributed by atoms with Gasteiger partial charge in [0.2, 0.25) is 5.91 Å². The molecule has 0 fully saturated rings. The number of rotatable bonds is 7. The molecular weight excluding hydrogens is 331 g/mol. The lowest BCUT2D eigenvalue weighted by Crippen LogP contribution is -2.34. The van der Waals surface area contributed by atoms with Crippen molar-refractivity contribution in [3.8, 4) is 0 Å². The highest BCUT2D eigenvalue weighted by molar-refractivity contribution is 7.91. The minimum Gasteiger partial charge on any atom is -0.449 e. The van der Waals surface area contributed by atoms with Crippen molar-refractivity contribution in [2.45, 2.75) is 38.1 Å². The molecule has 0 aliphatic rings. The van der Waals surface area contributed by atoms with Crippen molar-refractivity contribution < 1.29 is 35.9 Å². The second-order valence-electron chi connectivity index (χ2n) is 4.04. The predicted octanol–water partition coefficient (Wildman–Crippen LogP) is 1.03. The van der Waals surface area contributed by atoms with Gasteiger partial charge >= 0.3 is 21.6 Å². The summed E-state index contributed by atoms with van der Waals surface area (Å²) in [7, 11) is -5.85. The van der Waals surface area contributed by atoms with Crippen molar-refractivity contribution in [1.29, 1.82) is 0 Å². The Hall–Kier alpha value is -1.85. The van der Waals surface area contributed by atoms with E-state index in [4.69, 9.17) is 5.73 Å². The molecule has 0 aliphatic heterocycles. The summed E-state index contributed by atoms with van der Waals surface area (Å²) in [6.07, 6.45) is -1.04. The van der Waals surface area contributed by atoms with E-state index in [2.05, 4.69) is 9.13 Å². The van der Waals surface area contributed by atoms with Crippen LogP contribution in [0.3, 0.4) is 0 Å². The zero-order valence-electron chi connectivity index (χ0n) is 11.6. The highest BCUT2D eigenvalue weighted by Crippen LogP contribution is 2.24. The van der Waals surface area contributed by atoms with Crippen molar-refractivity contribution in [1.82, 2.24) is 5.32 Å². The van der Waals surface area contributed by atoms with E-state index < -0.39 is 46.2 Å². The number of ether oxygens (including phenoxy) is 1. The maximum absolute atomic E-state index is 12.2. The van der Waals surface area contributed by atoms with Gasteiger partial charge in [-0.2, -0.15) is 21.6 Å². The number of carbonyl (C=O) groups is 2.